The van der Waals surface area contributed by atoms with Crippen molar-refractivity contribution in [2.75, 3.05) is 6.61 Å². The van der Waals surface area contributed by atoms with Gasteiger partial charge in [0.15, 0.2) is 0 Å². The van der Waals surface area contributed by atoms with E-state index in [1.807, 2.05) is 32.0 Å². The van der Waals surface area contributed by atoms with Crippen LogP contribution in [0.25, 0.3) is 16.5 Å². The monoisotopic (exact) mass is 287 g/mol. The summed E-state index contributed by atoms with van der Waals surface area (Å²) in [6, 6.07) is 7.92. The molecule has 0 atom stereocenters. The molecule has 3 heteroatoms. The normalized spacial score (nSPS) is 12.6. The molecule has 0 saturated carbocycles. The zero-order valence-corrected chi connectivity index (χ0v) is 12.9. The summed E-state index contributed by atoms with van der Waals surface area (Å²) < 4.78 is 13.9. The molecule has 0 aliphatic carbocycles. The molecule has 2 nitrogen and oxygen atoms in total. The fraction of sp³-hybridized carbons (Fsp3) is 0.389. The zero-order chi connectivity index (χ0) is 15.4. The van der Waals surface area contributed by atoms with Crippen LogP contribution in [0.3, 0.4) is 0 Å². The number of pyridine rings is 1. The van der Waals surface area contributed by atoms with Crippen LogP contribution in [0.4, 0.5) is 4.39 Å². The highest BCUT2D eigenvalue weighted by atomic mass is 19.1. The Bertz CT molecular complexity index is 676. The van der Waals surface area contributed by atoms with Crippen LogP contribution in [-0.2, 0) is 6.42 Å². The predicted octanol–water partition coefficient (Wildman–Crippen LogP) is 4.58. The van der Waals surface area contributed by atoms with E-state index < -0.39 is 12.4 Å². The average molecular weight is 287 g/mol. The molecule has 2 rings (SSSR count). The lowest BCUT2D eigenvalue weighted by atomic mass is 9.96. The Labute approximate surface area is 125 Å². The first-order valence-corrected chi connectivity index (χ1v) is 7.49. The lowest BCUT2D eigenvalue weighted by Gasteiger charge is -2.11. The highest BCUT2D eigenvalue weighted by Gasteiger charge is 2.11. The van der Waals surface area contributed by atoms with E-state index in [9.17, 15) is 4.39 Å². The standard InChI is InChI=1S/C18H22FNO/c1-4-6-15(17(19)11-21)14-7-8-18-16(10-14)13(5-2)9-12(3)20-18/h7-10,21H,4-6,11H2,1-3H3/b17-15-. The summed E-state index contributed by atoms with van der Waals surface area (Å²) in [5, 5.41) is 10.2. The molecule has 21 heavy (non-hydrogen) atoms. The quantitative estimate of drug-likeness (QED) is 0.873. The van der Waals surface area contributed by atoms with Gasteiger partial charge in [0.05, 0.1) is 12.1 Å². The number of fused-ring (bicyclic) bond motifs is 1. The van der Waals surface area contributed by atoms with Gasteiger partial charge in [0, 0.05) is 11.1 Å². The summed E-state index contributed by atoms with van der Waals surface area (Å²) in [7, 11) is 0. The maximum Gasteiger partial charge on any atom is 0.129 e. The molecule has 1 N–H and O–H groups in total. The smallest absolute Gasteiger partial charge is 0.129 e. The predicted molar refractivity (Wildman–Crippen MR) is 85.9 cm³/mol. The Morgan fingerprint density at radius 1 is 1.24 bits per heavy atom. The molecule has 0 unspecified atom stereocenters. The Morgan fingerprint density at radius 2 is 2.00 bits per heavy atom. The van der Waals surface area contributed by atoms with Gasteiger partial charge in [-0.3, -0.25) is 4.98 Å². The molecule has 0 aliphatic rings. The van der Waals surface area contributed by atoms with Crippen LogP contribution in [0.2, 0.25) is 0 Å². The van der Waals surface area contributed by atoms with Crippen molar-refractivity contribution >= 4 is 16.5 Å². The highest BCUT2D eigenvalue weighted by Crippen LogP contribution is 2.29. The number of halogens is 1. The molecular formula is C18H22FNO. The molecule has 1 aromatic carbocycles. The summed E-state index contributed by atoms with van der Waals surface area (Å²) in [4.78, 5) is 4.54. The van der Waals surface area contributed by atoms with E-state index in [2.05, 4.69) is 18.0 Å². The molecule has 0 saturated heterocycles. The Kier molecular flexibility index (Phi) is 5.07. The van der Waals surface area contributed by atoms with Crippen LogP contribution in [0.15, 0.2) is 30.1 Å². The van der Waals surface area contributed by atoms with Gasteiger partial charge in [0.1, 0.15) is 5.83 Å². The van der Waals surface area contributed by atoms with E-state index in [4.69, 9.17) is 5.11 Å². The van der Waals surface area contributed by atoms with Crippen LogP contribution >= 0.6 is 0 Å². The third-order valence-electron chi connectivity index (χ3n) is 3.72. The number of hydrogen-bond acceptors (Lipinski definition) is 2. The summed E-state index contributed by atoms with van der Waals surface area (Å²) in [5.41, 5.74) is 4.61. The van der Waals surface area contributed by atoms with Crippen molar-refractivity contribution in [3.8, 4) is 0 Å². The largest absolute Gasteiger partial charge is 0.389 e. The first kappa shape index (κ1) is 15.6. The third kappa shape index (κ3) is 3.30. The van der Waals surface area contributed by atoms with Gasteiger partial charge in [0.2, 0.25) is 0 Å². The van der Waals surface area contributed by atoms with Gasteiger partial charge in [-0.15, -0.1) is 0 Å². The second kappa shape index (κ2) is 6.81. The molecule has 0 aliphatic heterocycles. The van der Waals surface area contributed by atoms with Crippen molar-refractivity contribution in [1.29, 1.82) is 0 Å². The van der Waals surface area contributed by atoms with Crippen LogP contribution in [-0.4, -0.2) is 16.7 Å². The minimum Gasteiger partial charge on any atom is -0.389 e. The Balaban J connectivity index is 2.63. The molecule has 0 radical (unpaired) electrons. The second-order valence-corrected chi connectivity index (χ2v) is 5.30. The molecule has 0 spiro atoms. The number of benzene rings is 1. The van der Waals surface area contributed by atoms with Gasteiger partial charge in [-0.05, 0) is 54.7 Å². The van der Waals surface area contributed by atoms with Crippen molar-refractivity contribution in [2.45, 2.75) is 40.0 Å². The number of aromatic nitrogens is 1. The van der Waals surface area contributed by atoms with Gasteiger partial charge in [-0.1, -0.05) is 26.3 Å². The van der Waals surface area contributed by atoms with Crippen LogP contribution in [0.5, 0.6) is 0 Å². The molecular weight excluding hydrogens is 265 g/mol. The highest BCUT2D eigenvalue weighted by molar-refractivity contribution is 5.86. The molecule has 112 valence electrons. The van der Waals surface area contributed by atoms with Crippen molar-refractivity contribution in [3.63, 3.8) is 0 Å². The fourth-order valence-corrected chi connectivity index (χ4v) is 2.71. The third-order valence-corrected chi connectivity index (χ3v) is 3.72. The van der Waals surface area contributed by atoms with Gasteiger partial charge in [0.25, 0.3) is 0 Å². The van der Waals surface area contributed by atoms with E-state index in [-0.39, 0.29) is 0 Å². The van der Waals surface area contributed by atoms with Crippen molar-refractivity contribution in [1.82, 2.24) is 4.98 Å². The van der Waals surface area contributed by atoms with Crippen LogP contribution < -0.4 is 0 Å². The number of rotatable bonds is 5. The van der Waals surface area contributed by atoms with Crippen LogP contribution in [0, 0.1) is 6.92 Å². The molecule has 0 bridgehead atoms. The molecule has 0 amide bonds. The molecule has 1 aromatic heterocycles. The van der Waals surface area contributed by atoms with E-state index in [1.54, 1.807) is 0 Å². The van der Waals surface area contributed by atoms with Crippen molar-refractivity contribution in [2.24, 2.45) is 0 Å². The van der Waals surface area contributed by atoms with E-state index in [0.717, 1.165) is 35.0 Å². The van der Waals surface area contributed by atoms with E-state index in [0.29, 0.717) is 12.0 Å². The first-order valence-electron chi connectivity index (χ1n) is 7.49. The maximum absolute atomic E-state index is 13.9. The van der Waals surface area contributed by atoms with Gasteiger partial charge >= 0.3 is 0 Å². The zero-order valence-electron chi connectivity index (χ0n) is 12.9. The number of nitrogens with zero attached hydrogens (tertiary/aromatic N) is 1. The Morgan fingerprint density at radius 3 is 2.62 bits per heavy atom. The Hall–Kier alpha value is -1.74. The number of aliphatic hydroxyl groups is 1. The fourth-order valence-electron chi connectivity index (χ4n) is 2.71. The number of hydrogen-bond donors (Lipinski definition) is 1. The van der Waals surface area contributed by atoms with Gasteiger partial charge < -0.3 is 5.11 Å². The minimum atomic E-state index is -0.542. The average Bonchev–Trinajstić information content (AvgIpc) is 2.50. The summed E-state index contributed by atoms with van der Waals surface area (Å²) in [6.07, 6.45) is 2.38. The van der Waals surface area contributed by atoms with Gasteiger partial charge in [-0.25, -0.2) is 4.39 Å². The number of aliphatic hydroxyl groups excluding tert-OH is 1. The number of aryl methyl sites for hydroxylation is 2. The maximum atomic E-state index is 13.9. The number of allylic oxidation sites excluding steroid dienone is 1. The van der Waals surface area contributed by atoms with Crippen LogP contribution in [0.1, 0.15) is 43.5 Å². The lowest BCUT2D eigenvalue weighted by molar-refractivity contribution is 0.299. The van der Waals surface area contributed by atoms with E-state index in [1.165, 1.54) is 5.56 Å². The summed E-state index contributed by atoms with van der Waals surface area (Å²) in [5.74, 6) is -0.436. The SMILES string of the molecule is CCC/C(=C(/F)CO)c1ccc2nc(C)cc(CC)c2c1. The molecule has 0 fully saturated rings. The lowest BCUT2D eigenvalue weighted by Crippen LogP contribution is -1.96. The summed E-state index contributed by atoms with van der Waals surface area (Å²) in [6.45, 7) is 5.56. The second-order valence-electron chi connectivity index (χ2n) is 5.30. The first-order chi connectivity index (χ1) is 10.1. The van der Waals surface area contributed by atoms with Crippen molar-refractivity contribution < 1.29 is 9.50 Å². The van der Waals surface area contributed by atoms with Crippen molar-refractivity contribution in [3.05, 3.63) is 46.9 Å². The summed E-state index contributed by atoms with van der Waals surface area (Å²) >= 11 is 0. The molecule has 2 aromatic rings. The molecule has 1 heterocycles. The van der Waals surface area contributed by atoms with E-state index >= 15 is 0 Å². The minimum absolute atomic E-state index is 0.436. The topological polar surface area (TPSA) is 33.1 Å². The van der Waals surface area contributed by atoms with Gasteiger partial charge in [-0.2, -0.15) is 0 Å².